The smallest absolute Gasteiger partial charge is 0.407 e. The second-order valence-corrected chi connectivity index (χ2v) is 19.5. The molecule has 0 saturated carbocycles. The van der Waals surface area contributed by atoms with Crippen molar-refractivity contribution < 1.29 is 76.8 Å². The number of pyridine rings is 1. The van der Waals surface area contributed by atoms with Gasteiger partial charge in [0, 0.05) is 64.7 Å². The minimum absolute atomic E-state index is 0.0246. The predicted octanol–water partition coefficient (Wildman–Crippen LogP) is 4.21. The third-order valence-electron chi connectivity index (χ3n) is 13.5. The number of ether oxygens (including phenoxy) is 9. The summed E-state index contributed by atoms with van der Waals surface area (Å²) >= 11 is 0. The number of likely N-dealkylation sites (N-methyl/N-ethyl adjacent to an activating group) is 2. The summed E-state index contributed by atoms with van der Waals surface area (Å²) in [6, 6.07) is 2.90. The van der Waals surface area contributed by atoms with Crippen molar-refractivity contribution in [2.24, 2.45) is 11.8 Å². The van der Waals surface area contributed by atoms with E-state index in [1.165, 1.54) is 7.11 Å². The number of cyclic esters (lactones) is 1. The summed E-state index contributed by atoms with van der Waals surface area (Å²) in [5, 5.41) is 26.6. The number of nitrogens with one attached hydrogen (secondary N) is 1. The van der Waals surface area contributed by atoms with Gasteiger partial charge in [-0.05, 0) is 98.1 Å². The van der Waals surface area contributed by atoms with Crippen molar-refractivity contribution in [3.63, 3.8) is 0 Å². The van der Waals surface area contributed by atoms with Crippen LogP contribution in [0.3, 0.4) is 0 Å². The van der Waals surface area contributed by atoms with Crippen LogP contribution in [0.5, 0.6) is 0 Å². The largest absolute Gasteiger partial charge is 0.462 e. The Kier molecular flexibility index (Phi) is 24.2. The van der Waals surface area contributed by atoms with Crippen LogP contribution in [-0.2, 0) is 61.8 Å². The van der Waals surface area contributed by atoms with E-state index in [4.69, 9.17) is 42.6 Å². The first-order chi connectivity index (χ1) is 33.8. The summed E-state index contributed by atoms with van der Waals surface area (Å²) in [5.41, 5.74) is -0.486. The van der Waals surface area contributed by atoms with Gasteiger partial charge in [-0.3, -0.25) is 19.4 Å². The Balaban J connectivity index is 1.70. The normalized spacial score (nSPS) is 35.1. The fraction of sp³-hybridized carbons (Fsp3) is 0.765. The Morgan fingerprint density at radius 1 is 1.00 bits per heavy atom. The maximum Gasteiger partial charge on any atom is 0.407 e. The number of aromatic nitrogens is 1. The van der Waals surface area contributed by atoms with Crippen molar-refractivity contribution >= 4 is 36.4 Å². The number of hydrogen-bond donors (Lipinski definition) is 3. The lowest BCUT2D eigenvalue weighted by Gasteiger charge is -2.50. The van der Waals surface area contributed by atoms with Crippen LogP contribution in [0, 0.1) is 11.8 Å². The zero-order valence-corrected chi connectivity index (χ0v) is 43.6. The summed E-state index contributed by atoms with van der Waals surface area (Å²) in [7, 11) is 6.79. The fourth-order valence-corrected chi connectivity index (χ4v) is 9.76. The van der Waals surface area contributed by atoms with Gasteiger partial charge < -0.3 is 72.8 Å². The number of aliphatic hydroxyl groups excluding tert-OH is 2. The topological polar surface area (TPSA) is 240 Å². The Morgan fingerprint density at radius 2 is 1.73 bits per heavy atom. The lowest BCUT2D eigenvalue weighted by Crippen LogP contribution is -2.66. The number of β-amino-alcohol motifs (C(OH)–C–C–N with tert-alkyl or cyclic N) is 1. The van der Waals surface area contributed by atoms with Gasteiger partial charge in [0.05, 0.1) is 36.9 Å². The molecular formula is C51H82N4O16. The number of esters is 3. The number of aliphatic hydroxyl groups is 2. The SMILES string of the molecule is CCNC(=O)O[C@H]1[C@H](C)O[C@@H](O[C@H]2[C@H](N(C)C)[C@@H](O)[C@H](O[C@H]3[C@@H](CC=O)C[C@@H](C)[C@@H](O)CN(C)CCC[C@H](C/C=C/c4cccnc4)OC(=O)C[C@@H](OC(=O)CC)[C@@H]3OC)O[C@@H]2C)C[C@@]1(C)OC(=O)CC. The molecule has 71 heavy (non-hydrogen) atoms. The van der Waals surface area contributed by atoms with Gasteiger partial charge in [0.1, 0.15) is 36.8 Å². The number of rotatable bonds is 17. The third kappa shape index (κ3) is 17.5. The van der Waals surface area contributed by atoms with Gasteiger partial charge in [-0.25, -0.2) is 4.79 Å². The summed E-state index contributed by atoms with van der Waals surface area (Å²) in [6.07, 6.45) is -3.92. The van der Waals surface area contributed by atoms with E-state index in [2.05, 4.69) is 10.3 Å². The van der Waals surface area contributed by atoms with Crippen LogP contribution >= 0.6 is 0 Å². The molecule has 0 aliphatic carbocycles. The molecule has 0 spiro atoms. The molecule has 4 rings (SSSR count). The molecule has 402 valence electrons. The summed E-state index contributed by atoms with van der Waals surface area (Å²) in [5.74, 6) is -2.89. The quantitative estimate of drug-likeness (QED) is 0.113. The second-order valence-electron chi connectivity index (χ2n) is 19.5. The molecule has 0 unspecified atom stereocenters. The summed E-state index contributed by atoms with van der Waals surface area (Å²) < 4.78 is 56.2. The molecular weight excluding hydrogens is 925 g/mol. The average Bonchev–Trinajstić information content (AvgIpc) is 3.31. The van der Waals surface area contributed by atoms with Gasteiger partial charge in [-0.15, -0.1) is 0 Å². The number of carbonyl (C=O) groups is 5. The molecule has 3 N–H and O–H groups in total. The predicted molar refractivity (Wildman–Crippen MR) is 259 cm³/mol. The van der Waals surface area contributed by atoms with Gasteiger partial charge in [0.15, 0.2) is 24.3 Å². The number of aldehydes is 1. The molecule has 20 nitrogen and oxygen atoms in total. The monoisotopic (exact) mass is 1010 g/mol. The molecule has 1 aromatic heterocycles. The molecule has 0 aromatic carbocycles. The first-order valence-corrected chi connectivity index (χ1v) is 25.2. The van der Waals surface area contributed by atoms with Gasteiger partial charge in [-0.1, -0.05) is 39.0 Å². The van der Waals surface area contributed by atoms with E-state index in [9.17, 15) is 34.2 Å². The second kappa shape index (κ2) is 28.9. The van der Waals surface area contributed by atoms with Crippen LogP contribution in [0.4, 0.5) is 4.79 Å². The van der Waals surface area contributed by atoms with Gasteiger partial charge in [0.25, 0.3) is 0 Å². The highest BCUT2D eigenvalue weighted by molar-refractivity contribution is 5.73. The van der Waals surface area contributed by atoms with Crippen molar-refractivity contribution in [2.75, 3.05) is 47.9 Å². The highest BCUT2D eigenvalue weighted by Crippen LogP contribution is 2.39. The van der Waals surface area contributed by atoms with Crippen LogP contribution in [0.1, 0.15) is 112 Å². The van der Waals surface area contributed by atoms with E-state index in [1.807, 2.05) is 43.2 Å². The number of nitrogens with zero attached hydrogens (tertiary/aromatic N) is 3. The maximum absolute atomic E-state index is 14.1. The van der Waals surface area contributed by atoms with E-state index >= 15 is 0 Å². The molecule has 3 aliphatic heterocycles. The molecule has 3 aliphatic rings. The van der Waals surface area contributed by atoms with Gasteiger partial charge >= 0.3 is 24.0 Å². The number of alkyl carbamates (subject to hydrolysis) is 1. The molecule has 20 heteroatoms. The highest BCUT2D eigenvalue weighted by Gasteiger charge is 2.55. The summed E-state index contributed by atoms with van der Waals surface area (Å²) in [6.45, 7) is 13.2. The van der Waals surface area contributed by atoms with E-state index in [-0.39, 0.29) is 38.0 Å². The molecule has 1 aromatic rings. The third-order valence-corrected chi connectivity index (χ3v) is 13.5. The molecule has 0 radical (unpaired) electrons. The van der Waals surface area contributed by atoms with Gasteiger partial charge in [-0.2, -0.15) is 0 Å². The van der Waals surface area contributed by atoms with Crippen LogP contribution in [-0.4, -0.2) is 188 Å². The Morgan fingerprint density at radius 3 is 2.37 bits per heavy atom. The Labute approximate surface area is 419 Å². The minimum Gasteiger partial charge on any atom is -0.462 e. The van der Waals surface area contributed by atoms with Gasteiger partial charge in [0.2, 0.25) is 0 Å². The van der Waals surface area contributed by atoms with Crippen molar-refractivity contribution in [1.29, 1.82) is 0 Å². The number of methoxy groups -OCH3 is 1. The van der Waals surface area contributed by atoms with Crippen molar-refractivity contribution in [3.05, 3.63) is 36.2 Å². The first kappa shape index (κ1) is 59.4. The zero-order valence-electron chi connectivity index (χ0n) is 43.6. The number of carbonyl (C=O) groups excluding carboxylic acids is 5. The van der Waals surface area contributed by atoms with E-state index < -0.39 is 122 Å². The van der Waals surface area contributed by atoms with Crippen LogP contribution in [0.2, 0.25) is 0 Å². The first-order valence-electron chi connectivity index (χ1n) is 25.2. The zero-order chi connectivity index (χ0) is 52.4. The van der Waals surface area contributed by atoms with Crippen LogP contribution in [0.25, 0.3) is 6.08 Å². The average molecular weight is 1010 g/mol. The van der Waals surface area contributed by atoms with Crippen LogP contribution < -0.4 is 5.32 Å². The molecule has 1 amide bonds. The van der Waals surface area contributed by atoms with E-state index in [0.29, 0.717) is 38.9 Å². The fourth-order valence-electron chi connectivity index (χ4n) is 9.76. The number of amides is 1. The summed E-state index contributed by atoms with van der Waals surface area (Å²) in [4.78, 5) is 73.2. The van der Waals surface area contributed by atoms with E-state index in [1.54, 1.807) is 72.9 Å². The molecule has 16 atom stereocenters. The molecule has 3 fully saturated rings. The van der Waals surface area contributed by atoms with E-state index in [0.717, 1.165) is 11.8 Å². The molecule has 4 heterocycles. The maximum atomic E-state index is 14.1. The Bertz CT molecular complexity index is 1840. The molecule has 3 saturated heterocycles. The van der Waals surface area contributed by atoms with Crippen molar-refractivity contribution in [2.45, 2.75) is 192 Å². The molecule has 0 bridgehead atoms. The van der Waals surface area contributed by atoms with Crippen LogP contribution in [0.15, 0.2) is 30.6 Å². The Hall–Kier alpha value is -4.12. The van der Waals surface area contributed by atoms with Crippen molar-refractivity contribution in [1.82, 2.24) is 20.1 Å². The highest BCUT2D eigenvalue weighted by atomic mass is 16.7. The lowest BCUT2D eigenvalue weighted by molar-refractivity contribution is -0.344. The van der Waals surface area contributed by atoms with Crippen molar-refractivity contribution in [3.8, 4) is 0 Å². The lowest BCUT2D eigenvalue weighted by atomic mass is 9.82. The standard InChI is InChI=1S/C51H82N4O16/c1-12-39(58)67-38-27-41(60)66-36(20-15-18-34-19-16-23-52-29-34)21-17-24-55(10)30-37(57)31(4)26-35(22-25-56)46(47(38)63-11)69-49-44(61)43(54(8)9)45(32(5)65-49)68-42-28-51(7,71-40(59)13-2)48(33(6)64-42)70-50(62)53-14-3/h15-16,18-19,23,25,29,31-33,35-38,42-49,57,61H,12-14,17,20-22,24,26-28,30H2,1-11H3,(H,53,62)/b18-15+/t31-,32-,33+,35+,36+,37+,38-,42+,43-,44-,45-,46+,47+,48+,49+,51-/m1/s1. The number of hydrogen-bond acceptors (Lipinski definition) is 19. The minimum atomic E-state index is -1.45.